The predicted molar refractivity (Wildman–Crippen MR) is 52.0 cm³/mol. The maximum absolute atomic E-state index is 10.2. The molecule has 0 heterocycles. The second-order valence-electron chi connectivity index (χ2n) is 2.93. The molecule has 4 nitrogen and oxygen atoms in total. The Kier molecular flexibility index (Phi) is 3.48. The van der Waals surface area contributed by atoms with Crippen molar-refractivity contribution in [2.24, 2.45) is 5.73 Å². The maximum atomic E-state index is 10.2. The molecule has 1 radical (unpaired) electrons. The van der Waals surface area contributed by atoms with Gasteiger partial charge >= 0.3 is 0 Å². The highest BCUT2D eigenvalue weighted by atomic mass is 16.5. The molecule has 1 aromatic rings. The molecule has 0 bridgehead atoms. The molecule has 14 heavy (non-hydrogen) atoms. The molecule has 1 aromatic carbocycles. The first-order valence-electron chi connectivity index (χ1n) is 4.16. The van der Waals surface area contributed by atoms with E-state index in [1.807, 2.05) is 0 Å². The van der Waals surface area contributed by atoms with E-state index in [0.717, 1.165) is 5.56 Å². The SMILES string of the molecule is COc1cc(C[C@H](N)[C]=O)ccc1O. The quantitative estimate of drug-likeness (QED) is 0.726. The molecule has 1 atom stereocenters. The zero-order chi connectivity index (χ0) is 10.6. The van der Waals surface area contributed by atoms with E-state index < -0.39 is 6.04 Å². The molecule has 0 saturated carbocycles. The lowest BCUT2D eigenvalue weighted by Gasteiger charge is -2.07. The highest BCUT2D eigenvalue weighted by Gasteiger charge is 2.06. The van der Waals surface area contributed by atoms with E-state index in [1.165, 1.54) is 13.2 Å². The van der Waals surface area contributed by atoms with Gasteiger partial charge in [0.2, 0.25) is 6.29 Å². The second-order valence-corrected chi connectivity index (χ2v) is 2.93. The first kappa shape index (κ1) is 10.5. The van der Waals surface area contributed by atoms with Crippen molar-refractivity contribution < 1.29 is 14.6 Å². The molecule has 0 fully saturated rings. The monoisotopic (exact) mass is 194 g/mol. The Labute approximate surface area is 82.3 Å². The summed E-state index contributed by atoms with van der Waals surface area (Å²) in [6, 6.07) is 4.21. The van der Waals surface area contributed by atoms with Crippen LogP contribution in [0.4, 0.5) is 0 Å². The average Bonchev–Trinajstić information content (AvgIpc) is 2.20. The number of phenols is 1. The summed E-state index contributed by atoms with van der Waals surface area (Å²) in [6.45, 7) is 0. The molecule has 0 saturated heterocycles. The third kappa shape index (κ3) is 2.47. The minimum atomic E-state index is -0.635. The number of benzene rings is 1. The summed E-state index contributed by atoms with van der Waals surface area (Å²) < 4.78 is 4.91. The van der Waals surface area contributed by atoms with Crippen molar-refractivity contribution in [3.63, 3.8) is 0 Å². The van der Waals surface area contributed by atoms with E-state index in [-0.39, 0.29) is 5.75 Å². The van der Waals surface area contributed by atoms with Crippen LogP contribution in [0.3, 0.4) is 0 Å². The van der Waals surface area contributed by atoms with Crippen LogP contribution in [0, 0.1) is 0 Å². The predicted octanol–water partition coefficient (Wildman–Crippen LogP) is 0.380. The van der Waals surface area contributed by atoms with Gasteiger partial charge in [0.25, 0.3) is 0 Å². The minimum Gasteiger partial charge on any atom is -0.504 e. The summed E-state index contributed by atoms with van der Waals surface area (Å²) in [5.74, 6) is 0.445. The zero-order valence-electron chi connectivity index (χ0n) is 7.86. The standard InChI is InChI=1S/C10H12NO3/c1-14-10-5-7(2-3-9(10)13)4-8(11)6-12/h2-3,5,8,13H,4,11H2,1H3/t8-/m0/s1. The third-order valence-corrected chi connectivity index (χ3v) is 1.85. The highest BCUT2D eigenvalue weighted by molar-refractivity contribution is 5.59. The number of rotatable bonds is 4. The molecule has 3 N–H and O–H groups in total. The van der Waals surface area contributed by atoms with E-state index in [9.17, 15) is 9.90 Å². The number of ether oxygens (including phenoxy) is 1. The summed E-state index contributed by atoms with van der Waals surface area (Å²) in [4.78, 5) is 10.2. The van der Waals surface area contributed by atoms with Crippen LogP contribution in [0.1, 0.15) is 5.56 Å². The van der Waals surface area contributed by atoms with Crippen molar-refractivity contribution >= 4 is 6.29 Å². The Bertz CT molecular complexity index is 325. The average molecular weight is 194 g/mol. The van der Waals surface area contributed by atoms with Gasteiger partial charge in [-0.25, -0.2) is 0 Å². The normalized spacial score (nSPS) is 12.1. The van der Waals surface area contributed by atoms with Crippen molar-refractivity contribution in [3.8, 4) is 11.5 Å². The fourth-order valence-corrected chi connectivity index (χ4v) is 1.14. The minimum absolute atomic E-state index is 0.0694. The first-order valence-corrected chi connectivity index (χ1v) is 4.16. The zero-order valence-corrected chi connectivity index (χ0v) is 7.86. The Balaban J connectivity index is 2.84. The second kappa shape index (κ2) is 4.62. The maximum Gasteiger partial charge on any atom is 0.217 e. The van der Waals surface area contributed by atoms with Crippen molar-refractivity contribution in [2.45, 2.75) is 12.5 Å². The summed E-state index contributed by atoms with van der Waals surface area (Å²) >= 11 is 0. The largest absolute Gasteiger partial charge is 0.504 e. The molecular formula is C10H12NO3. The van der Waals surface area contributed by atoms with E-state index in [4.69, 9.17) is 10.5 Å². The Morgan fingerprint density at radius 1 is 1.64 bits per heavy atom. The van der Waals surface area contributed by atoms with Crippen LogP contribution in [-0.4, -0.2) is 24.5 Å². The first-order chi connectivity index (χ1) is 6.67. The molecule has 0 amide bonds. The van der Waals surface area contributed by atoms with Crippen molar-refractivity contribution in [1.29, 1.82) is 0 Å². The van der Waals surface area contributed by atoms with Gasteiger partial charge in [0.15, 0.2) is 11.5 Å². The number of aromatic hydroxyl groups is 1. The van der Waals surface area contributed by atoms with E-state index >= 15 is 0 Å². The summed E-state index contributed by atoms with van der Waals surface area (Å²) in [5.41, 5.74) is 6.24. The lowest BCUT2D eigenvalue weighted by atomic mass is 10.1. The molecule has 1 rings (SSSR count). The van der Waals surface area contributed by atoms with Crippen LogP contribution in [0.15, 0.2) is 18.2 Å². The molecular weight excluding hydrogens is 182 g/mol. The molecule has 75 valence electrons. The fraction of sp³-hybridized carbons (Fsp3) is 0.300. The number of hydrogen-bond donors (Lipinski definition) is 2. The van der Waals surface area contributed by atoms with Crippen LogP contribution in [-0.2, 0) is 11.2 Å². The summed E-state index contributed by atoms with van der Waals surface area (Å²) in [7, 11) is 1.46. The van der Waals surface area contributed by atoms with Crippen LogP contribution in [0.25, 0.3) is 0 Å². The van der Waals surface area contributed by atoms with Gasteiger partial charge in [-0.05, 0) is 24.1 Å². The summed E-state index contributed by atoms with van der Waals surface area (Å²) in [5, 5.41) is 9.29. The molecule has 4 heteroatoms. The van der Waals surface area contributed by atoms with Crippen LogP contribution in [0.2, 0.25) is 0 Å². The fourth-order valence-electron chi connectivity index (χ4n) is 1.14. The smallest absolute Gasteiger partial charge is 0.217 e. The van der Waals surface area contributed by atoms with E-state index in [2.05, 4.69) is 0 Å². The van der Waals surface area contributed by atoms with Crippen LogP contribution in [0.5, 0.6) is 11.5 Å². The van der Waals surface area contributed by atoms with Crippen molar-refractivity contribution in [1.82, 2.24) is 0 Å². The van der Waals surface area contributed by atoms with E-state index in [0.29, 0.717) is 12.2 Å². The molecule has 0 aliphatic rings. The van der Waals surface area contributed by atoms with Crippen LogP contribution >= 0.6 is 0 Å². The Morgan fingerprint density at radius 3 is 2.93 bits per heavy atom. The lowest BCUT2D eigenvalue weighted by Crippen LogP contribution is -2.23. The Morgan fingerprint density at radius 2 is 2.36 bits per heavy atom. The number of phenolic OH excluding ortho intramolecular Hbond substituents is 1. The van der Waals surface area contributed by atoms with Crippen molar-refractivity contribution in [2.75, 3.05) is 7.11 Å². The van der Waals surface area contributed by atoms with Gasteiger partial charge in [-0.15, -0.1) is 0 Å². The number of hydrogen-bond acceptors (Lipinski definition) is 4. The van der Waals surface area contributed by atoms with E-state index in [1.54, 1.807) is 18.4 Å². The van der Waals surface area contributed by atoms with Gasteiger partial charge in [-0.2, -0.15) is 0 Å². The molecule has 0 unspecified atom stereocenters. The molecule has 0 spiro atoms. The number of methoxy groups -OCH3 is 1. The van der Waals surface area contributed by atoms with Gasteiger partial charge in [0, 0.05) is 0 Å². The topological polar surface area (TPSA) is 72.5 Å². The molecule has 0 aliphatic carbocycles. The van der Waals surface area contributed by atoms with Crippen LogP contribution < -0.4 is 10.5 Å². The highest BCUT2D eigenvalue weighted by Crippen LogP contribution is 2.26. The number of carbonyl (C=O) groups excluding carboxylic acids is 1. The van der Waals surface area contributed by atoms with Gasteiger partial charge in [-0.3, -0.25) is 4.79 Å². The lowest BCUT2D eigenvalue weighted by molar-refractivity contribution is 0.373. The number of nitrogens with two attached hydrogens (primary N) is 1. The van der Waals surface area contributed by atoms with Gasteiger partial charge in [0.1, 0.15) is 0 Å². The van der Waals surface area contributed by atoms with Gasteiger partial charge in [-0.1, -0.05) is 6.07 Å². The molecule has 0 aliphatic heterocycles. The third-order valence-electron chi connectivity index (χ3n) is 1.85. The molecule has 0 aromatic heterocycles. The Hall–Kier alpha value is -1.55. The van der Waals surface area contributed by atoms with Crippen molar-refractivity contribution in [3.05, 3.63) is 23.8 Å². The van der Waals surface area contributed by atoms with Gasteiger partial charge in [0.05, 0.1) is 13.2 Å². The van der Waals surface area contributed by atoms with Gasteiger partial charge < -0.3 is 15.6 Å². The summed E-state index contributed by atoms with van der Waals surface area (Å²) in [6.07, 6.45) is 2.08.